The number of rotatable bonds is 7. The Morgan fingerprint density at radius 1 is 1.09 bits per heavy atom. The first-order chi connectivity index (χ1) is 16.7. The standard InChI is InChI=1S/C25H24F3N5O2/c1-15-22(30-11-10-23(15)35-14-25(26,27)28)13-31-18-6-2-16(3-7-18)20-12-21(33-24(29)32-20)17-4-8-19(34)9-5-17/h2-12,21,31,34H,13-14H2,1H3,(H3,29,32,33). The van der Waals surface area contributed by atoms with Crippen LogP contribution in [-0.2, 0) is 6.54 Å². The maximum Gasteiger partial charge on any atom is 0.422 e. The number of aliphatic imine (C=N–C) groups is 1. The second-order valence-electron chi connectivity index (χ2n) is 7.97. The first-order valence-electron chi connectivity index (χ1n) is 10.8. The number of phenols is 1. The number of pyridine rings is 1. The topological polar surface area (TPSA) is 105 Å². The summed E-state index contributed by atoms with van der Waals surface area (Å²) in [4.78, 5) is 8.67. The average Bonchev–Trinajstić information content (AvgIpc) is 2.82. The summed E-state index contributed by atoms with van der Waals surface area (Å²) in [5.41, 5.74) is 10.5. The van der Waals surface area contributed by atoms with Crippen molar-refractivity contribution in [3.05, 3.63) is 89.3 Å². The van der Waals surface area contributed by atoms with E-state index in [0.717, 1.165) is 22.5 Å². The van der Waals surface area contributed by atoms with Crippen LogP contribution in [0.15, 0.2) is 71.9 Å². The Labute approximate surface area is 200 Å². The number of halogens is 3. The van der Waals surface area contributed by atoms with Crippen LogP contribution in [0, 0.1) is 6.92 Å². The lowest BCUT2D eigenvalue weighted by atomic mass is 10.0. The van der Waals surface area contributed by atoms with Gasteiger partial charge in [-0.1, -0.05) is 24.3 Å². The van der Waals surface area contributed by atoms with Crippen LogP contribution in [0.3, 0.4) is 0 Å². The number of aromatic hydroxyl groups is 1. The third-order valence-electron chi connectivity index (χ3n) is 5.41. The molecule has 0 radical (unpaired) electrons. The minimum atomic E-state index is -4.40. The molecule has 0 saturated heterocycles. The summed E-state index contributed by atoms with van der Waals surface area (Å²) in [6, 6.07) is 15.5. The molecule has 3 aromatic rings. The van der Waals surface area contributed by atoms with E-state index in [4.69, 9.17) is 10.5 Å². The van der Waals surface area contributed by atoms with E-state index in [2.05, 4.69) is 20.6 Å². The van der Waals surface area contributed by atoms with E-state index in [0.29, 0.717) is 17.8 Å². The number of benzene rings is 2. The number of nitrogens with zero attached hydrogens (tertiary/aromatic N) is 2. The molecule has 1 aliphatic rings. The van der Waals surface area contributed by atoms with Crippen LogP contribution in [0.25, 0.3) is 5.70 Å². The minimum absolute atomic E-state index is 0.155. The van der Waals surface area contributed by atoms with Gasteiger partial charge in [0.15, 0.2) is 12.6 Å². The monoisotopic (exact) mass is 483 g/mol. The van der Waals surface area contributed by atoms with Crippen LogP contribution in [0.5, 0.6) is 11.5 Å². The molecule has 1 aromatic heterocycles. The van der Waals surface area contributed by atoms with Gasteiger partial charge >= 0.3 is 6.18 Å². The molecule has 10 heteroatoms. The van der Waals surface area contributed by atoms with Crippen LogP contribution in [0.2, 0.25) is 0 Å². The molecule has 182 valence electrons. The number of nitrogens with two attached hydrogens (primary N) is 1. The first kappa shape index (κ1) is 23.9. The highest BCUT2D eigenvalue weighted by Crippen LogP contribution is 2.28. The molecule has 0 amide bonds. The van der Waals surface area contributed by atoms with Crippen molar-refractivity contribution in [2.24, 2.45) is 10.7 Å². The minimum Gasteiger partial charge on any atom is -0.508 e. The summed E-state index contributed by atoms with van der Waals surface area (Å²) >= 11 is 0. The number of aromatic nitrogens is 1. The normalized spacial score (nSPS) is 15.6. The highest BCUT2D eigenvalue weighted by atomic mass is 19.4. The van der Waals surface area contributed by atoms with E-state index >= 15 is 0 Å². The predicted molar refractivity (Wildman–Crippen MR) is 128 cm³/mol. The quantitative estimate of drug-likeness (QED) is 0.390. The van der Waals surface area contributed by atoms with Crippen molar-refractivity contribution >= 4 is 17.3 Å². The van der Waals surface area contributed by atoms with Gasteiger partial charge in [-0.2, -0.15) is 13.2 Å². The number of alkyl halides is 3. The van der Waals surface area contributed by atoms with Crippen molar-refractivity contribution in [2.75, 3.05) is 11.9 Å². The molecule has 0 aliphatic carbocycles. The molecule has 2 aromatic carbocycles. The maximum atomic E-state index is 12.5. The zero-order chi connectivity index (χ0) is 25.0. The molecule has 2 heterocycles. The molecule has 5 N–H and O–H groups in total. The Bertz CT molecular complexity index is 1240. The lowest BCUT2D eigenvalue weighted by molar-refractivity contribution is -0.153. The molecule has 1 aliphatic heterocycles. The van der Waals surface area contributed by atoms with E-state index < -0.39 is 12.8 Å². The lowest BCUT2D eigenvalue weighted by Crippen LogP contribution is -2.33. The highest BCUT2D eigenvalue weighted by molar-refractivity contribution is 5.90. The van der Waals surface area contributed by atoms with Crippen molar-refractivity contribution in [1.82, 2.24) is 10.3 Å². The Hall–Kier alpha value is -4.21. The average molecular weight is 483 g/mol. The van der Waals surface area contributed by atoms with Crippen LogP contribution < -0.4 is 21.1 Å². The van der Waals surface area contributed by atoms with Gasteiger partial charge in [-0.05, 0) is 54.5 Å². The third-order valence-corrected chi connectivity index (χ3v) is 5.41. The summed E-state index contributed by atoms with van der Waals surface area (Å²) in [5.74, 6) is 0.622. The summed E-state index contributed by atoms with van der Waals surface area (Å²) in [7, 11) is 0. The van der Waals surface area contributed by atoms with Gasteiger partial charge in [0.05, 0.1) is 18.3 Å². The van der Waals surface area contributed by atoms with E-state index in [1.54, 1.807) is 31.2 Å². The molecule has 1 atom stereocenters. The van der Waals surface area contributed by atoms with Gasteiger partial charge < -0.3 is 26.2 Å². The van der Waals surface area contributed by atoms with Crippen LogP contribution in [0.4, 0.5) is 18.9 Å². The fraction of sp³-hybridized carbons (Fsp3) is 0.200. The number of hydrogen-bond acceptors (Lipinski definition) is 7. The van der Waals surface area contributed by atoms with Crippen LogP contribution in [0.1, 0.15) is 28.4 Å². The van der Waals surface area contributed by atoms with Crippen molar-refractivity contribution in [3.63, 3.8) is 0 Å². The number of guanidine groups is 1. The summed E-state index contributed by atoms with van der Waals surface area (Å²) < 4.78 is 42.3. The van der Waals surface area contributed by atoms with Crippen LogP contribution in [-0.4, -0.2) is 28.8 Å². The van der Waals surface area contributed by atoms with Gasteiger partial charge in [-0.3, -0.25) is 4.98 Å². The van der Waals surface area contributed by atoms with Crippen LogP contribution >= 0.6 is 0 Å². The SMILES string of the molecule is Cc1c(OCC(F)(F)F)ccnc1CNc1ccc(C2=CC(c3ccc(O)cc3)N=C(N)N2)cc1. The number of phenolic OH excluding ortho intramolecular Hbond substituents is 1. The van der Waals surface area contributed by atoms with Crippen molar-refractivity contribution < 1.29 is 23.0 Å². The van der Waals surface area contributed by atoms with Gasteiger partial charge in [-0.25, -0.2) is 4.99 Å². The number of anilines is 1. The Morgan fingerprint density at radius 3 is 2.49 bits per heavy atom. The van der Waals surface area contributed by atoms with Gasteiger partial charge in [0.2, 0.25) is 0 Å². The molecule has 4 rings (SSSR count). The smallest absolute Gasteiger partial charge is 0.422 e. The van der Waals surface area contributed by atoms with Crippen molar-refractivity contribution in [3.8, 4) is 11.5 Å². The molecular formula is C25H24F3N5O2. The molecule has 0 bridgehead atoms. The van der Waals surface area contributed by atoms with Gasteiger partial charge in [0.1, 0.15) is 11.5 Å². The summed E-state index contributed by atoms with van der Waals surface area (Å²) in [6.45, 7) is 0.646. The Kier molecular flexibility index (Phi) is 6.81. The maximum absolute atomic E-state index is 12.5. The summed E-state index contributed by atoms with van der Waals surface area (Å²) in [6.07, 6.45) is -1.03. The van der Waals surface area contributed by atoms with E-state index in [-0.39, 0.29) is 23.5 Å². The van der Waals surface area contributed by atoms with E-state index in [1.165, 1.54) is 12.3 Å². The number of ether oxygens (including phenoxy) is 1. The second-order valence-corrected chi connectivity index (χ2v) is 7.97. The number of hydrogen-bond donors (Lipinski definition) is 4. The second kappa shape index (κ2) is 9.96. The Balaban J connectivity index is 1.43. The van der Waals surface area contributed by atoms with Crippen molar-refractivity contribution in [2.45, 2.75) is 25.7 Å². The van der Waals surface area contributed by atoms with Gasteiger partial charge in [-0.15, -0.1) is 0 Å². The zero-order valence-electron chi connectivity index (χ0n) is 18.8. The molecule has 1 unspecified atom stereocenters. The molecular weight excluding hydrogens is 459 g/mol. The van der Waals surface area contributed by atoms with Gasteiger partial charge in [0.25, 0.3) is 0 Å². The largest absolute Gasteiger partial charge is 0.508 e. The zero-order valence-corrected chi connectivity index (χ0v) is 18.8. The number of nitrogens with one attached hydrogen (secondary N) is 2. The molecule has 7 nitrogen and oxygen atoms in total. The fourth-order valence-corrected chi connectivity index (χ4v) is 3.57. The van der Waals surface area contributed by atoms with Crippen molar-refractivity contribution in [1.29, 1.82) is 0 Å². The predicted octanol–water partition coefficient (Wildman–Crippen LogP) is 4.65. The Morgan fingerprint density at radius 2 is 1.80 bits per heavy atom. The fourth-order valence-electron chi connectivity index (χ4n) is 3.57. The van der Waals surface area contributed by atoms with Gasteiger partial charge in [0, 0.05) is 23.1 Å². The molecule has 0 fully saturated rings. The lowest BCUT2D eigenvalue weighted by Gasteiger charge is -2.21. The molecule has 0 saturated carbocycles. The van der Waals surface area contributed by atoms with E-state index in [9.17, 15) is 18.3 Å². The molecule has 0 spiro atoms. The molecule has 35 heavy (non-hydrogen) atoms. The van der Waals surface area contributed by atoms with E-state index in [1.807, 2.05) is 30.3 Å². The third kappa shape index (κ3) is 6.23. The highest BCUT2D eigenvalue weighted by Gasteiger charge is 2.28. The first-order valence-corrected chi connectivity index (χ1v) is 10.8. The summed E-state index contributed by atoms with van der Waals surface area (Å²) in [5, 5.41) is 15.8.